The number of nitrogens with zero attached hydrogens (tertiary/aromatic N) is 1. The predicted molar refractivity (Wildman–Crippen MR) is 64.1 cm³/mol. The molecule has 17 heavy (non-hydrogen) atoms. The molecule has 0 aliphatic carbocycles. The molecule has 0 spiro atoms. The molecule has 1 aliphatic rings. The van der Waals surface area contributed by atoms with Crippen LogP contribution in [0.4, 0.5) is 0 Å². The molecule has 5 heteroatoms. The molecule has 1 fully saturated rings. The Morgan fingerprint density at radius 2 is 1.88 bits per heavy atom. The number of carbonyl (C=O) groups excluding carboxylic acids is 3. The van der Waals surface area contributed by atoms with Gasteiger partial charge in [-0.1, -0.05) is 0 Å². The van der Waals surface area contributed by atoms with Crippen molar-refractivity contribution in [2.45, 2.75) is 26.7 Å². The average molecular weight is 251 g/mol. The van der Waals surface area contributed by atoms with Gasteiger partial charge in [0.1, 0.15) is 0 Å². The van der Waals surface area contributed by atoms with Crippen molar-refractivity contribution < 1.29 is 14.4 Å². The van der Waals surface area contributed by atoms with Crippen LogP contribution in [0.5, 0.6) is 0 Å². The molecule has 2 amide bonds. The minimum Gasteiger partial charge on any atom is -0.292 e. The van der Waals surface area contributed by atoms with Crippen molar-refractivity contribution in [1.82, 2.24) is 4.90 Å². The fraction of sp³-hybridized carbons (Fsp3) is 0.417. The van der Waals surface area contributed by atoms with E-state index in [0.29, 0.717) is 5.56 Å². The van der Waals surface area contributed by atoms with Gasteiger partial charge < -0.3 is 0 Å². The Kier molecular flexibility index (Phi) is 3.11. The molecule has 0 unspecified atom stereocenters. The second-order valence-corrected chi connectivity index (χ2v) is 5.58. The van der Waals surface area contributed by atoms with E-state index in [4.69, 9.17) is 0 Å². The number of amides is 2. The van der Waals surface area contributed by atoms with Gasteiger partial charge in [-0.05, 0) is 19.9 Å². The summed E-state index contributed by atoms with van der Waals surface area (Å²) in [5, 5.41) is 0. The zero-order chi connectivity index (χ0) is 12.6. The molecule has 1 aromatic heterocycles. The van der Waals surface area contributed by atoms with Gasteiger partial charge in [0.05, 0.1) is 6.54 Å². The van der Waals surface area contributed by atoms with Gasteiger partial charge in [0.25, 0.3) is 0 Å². The van der Waals surface area contributed by atoms with Crippen molar-refractivity contribution in [1.29, 1.82) is 0 Å². The van der Waals surface area contributed by atoms with Crippen molar-refractivity contribution in [3.63, 3.8) is 0 Å². The molecule has 1 aliphatic heterocycles. The van der Waals surface area contributed by atoms with E-state index < -0.39 is 0 Å². The van der Waals surface area contributed by atoms with Crippen LogP contribution in [-0.4, -0.2) is 29.0 Å². The number of ketones is 1. The van der Waals surface area contributed by atoms with Crippen molar-refractivity contribution in [3.05, 3.63) is 21.4 Å². The topological polar surface area (TPSA) is 54.5 Å². The predicted octanol–water partition coefficient (Wildman–Crippen LogP) is 1.70. The summed E-state index contributed by atoms with van der Waals surface area (Å²) >= 11 is 1.55. The van der Waals surface area contributed by atoms with Crippen LogP contribution in [0.2, 0.25) is 0 Å². The van der Waals surface area contributed by atoms with Crippen molar-refractivity contribution in [2.24, 2.45) is 0 Å². The van der Waals surface area contributed by atoms with Gasteiger partial charge in [-0.2, -0.15) is 0 Å². The van der Waals surface area contributed by atoms with Crippen LogP contribution in [0.3, 0.4) is 0 Å². The summed E-state index contributed by atoms with van der Waals surface area (Å²) < 4.78 is 0. The van der Waals surface area contributed by atoms with Gasteiger partial charge in [0.2, 0.25) is 11.8 Å². The van der Waals surface area contributed by atoms with Gasteiger partial charge in [-0.25, -0.2) is 0 Å². The fourth-order valence-corrected chi connectivity index (χ4v) is 2.88. The number of carbonyl (C=O) groups is 3. The Labute approximate surface area is 103 Å². The summed E-state index contributed by atoms with van der Waals surface area (Å²) in [5.74, 6) is -0.642. The summed E-state index contributed by atoms with van der Waals surface area (Å²) in [6, 6.07) is 1.81. The number of hydrogen-bond donors (Lipinski definition) is 0. The van der Waals surface area contributed by atoms with Crippen LogP contribution in [0.1, 0.15) is 33.0 Å². The molecule has 0 radical (unpaired) electrons. The van der Waals surface area contributed by atoms with E-state index in [1.165, 1.54) is 0 Å². The van der Waals surface area contributed by atoms with Crippen molar-refractivity contribution in [3.8, 4) is 0 Å². The maximum Gasteiger partial charge on any atom is 0.230 e. The maximum absolute atomic E-state index is 12.0. The molecule has 2 rings (SSSR count). The molecule has 0 aromatic carbocycles. The first-order chi connectivity index (χ1) is 7.99. The smallest absolute Gasteiger partial charge is 0.230 e. The lowest BCUT2D eigenvalue weighted by Gasteiger charge is -2.12. The Hall–Kier alpha value is -1.49. The molecule has 2 heterocycles. The molecular weight excluding hydrogens is 238 g/mol. The molecule has 90 valence electrons. The van der Waals surface area contributed by atoms with E-state index in [1.54, 1.807) is 11.3 Å². The lowest BCUT2D eigenvalue weighted by atomic mass is 10.1. The van der Waals surface area contributed by atoms with E-state index >= 15 is 0 Å². The van der Waals surface area contributed by atoms with E-state index in [9.17, 15) is 14.4 Å². The highest BCUT2D eigenvalue weighted by atomic mass is 32.1. The standard InChI is InChI=1S/C12H13NO3S/c1-7-5-9(8(2)17-7)10(14)6-13-11(15)3-4-12(13)16/h5H,3-4,6H2,1-2H3. The average Bonchev–Trinajstić information content (AvgIpc) is 2.74. The lowest BCUT2D eigenvalue weighted by Crippen LogP contribution is -2.34. The van der Waals surface area contributed by atoms with Gasteiger partial charge >= 0.3 is 0 Å². The summed E-state index contributed by atoms with van der Waals surface area (Å²) in [6.45, 7) is 3.69. The quantitative estimate of drug-likeness (QED) is 0.607. The number of rotatable bonds is 3. The number of Topliss-reactive ketones (excluding diaryl/α,β-unsaturated/α-hetero) is 1. The summed E-state index contributed by atoms with van der Waals surface area (Å²) in [4.78, 5) is 37.8. The third-order valence-electron chi connectivity index (χ3n) is 2.80. The van der Waals surface area contributed by atoms with Crippen LogP contribution in [0, 0.1) is 13.8 Å². The number of aryl methyl sites for hydroxylation is 2. The molecule has 0 atom stereocenters. The number of hydrogen-bond acceptors (Lipinski definition) is 4. The molecule has 1 saturated heterocycles. The first-order valence-corrected chi connectivity index (χ1v) is 6.24. The highest BCUT2D eigenvalue weighted by Crippen LogP contribution is 2.22. The molecule has 4 nitrogen and oxygen atoms in total. The molecule has 0 bridgehead atoms. The Morgan fingerprint density at radius 1 is 1.29 bits per heavy atom. The summed E-state index contributed by atoms with van der Waals surface area (Å²) in [6.07, 6.45) is 0.460. The number of likely N-dealkylation sites (tertiary alicyclic amines) is 1. The van der Waals surface area contributed by atoms with E-state index in [2.05, 4.69) is 0 Å². The van der Waals surface area contributed by atoms with Crippen LogP contribution < -0.4 is 0 Å². The zero-order valence-corrected chi connectivity index (χ0v) is 10.6. The van der Waals surface area contributed by atoms with E-state index in [-0.39, 0.29) is 37.0 Å². The maximum atomic E-state index is 12.0. The highest BCUT2D eigenvalue weighted by Gasteiger charge is 2.31. The highest BCUT2D eigenvalue weighted by molar-refractivity contribution is 7.12. The van der Waals surface area contributed by atoms with Crippen LogP contribution in [-0.2, 0) is 9.59 Å². The fourth-order valence-electron chi connectivity index (χ4n) is 1.94. The van der Waals surface area contributed by atoms with Crippen molar-refractivity contribution >= 4 is 28.9 Å². The second-order valence-electron chi connectivity index (χ2n) is 4.12. The molecule has 0 N–H and O–H groups in total. The SMILES string of the molecule is Cc1cc(C(=O)CN2C(=O)CCC2=O)c(C)s1. The Morgan fingerprint density at radius 3 is 2.35 bits per heavy atom. The second kappa shape index (κ2) is 4.41. The minimum absolute atomic E-state index is 0.116. The van der Waals surface area contributed by atoms with Crippen LogP contribution >= 0.6 is 11.3 Å². The number of imide groups is 1. The molecule has 0 saturated carbocycles. The van der Waals surface area contributed by atoms with Gasteiger partial charge in [-0.3, -0.25) is 19.3 Å². The molecular formula is C12H13NO3S. The largest absolute Gasteiger partial charge is 0.292 e. The summed E-state index contributed by atoms with van der Waals surface area (Å²) in [5.41, 5.74) is 0.625. The zero-order valence-electron chi connectivity index (χ0n) is 9.78. The van der Waals surface area contributed by atoms with Crippen LogP contribution in [0.15, 0.2) is 6.07 Å². The first kappa shape index (κ1) is 12.0. The Bertz CT molecular complexity index is 488. The van der Waals surface area contributed by atoms with Gasteiger partial charge in [0.15, 0.2) is 5.78 Å². The first-order valence-electron chi connectivity index (χ1n) is 5.42. The lowest BCUT2D eigenvalue weighted by molar-refractivity contribution is -0.137. The Balaban J connectivity index is 2.14. The third-order valence-corrected chi connectivity index (χ3v) is 3.76. The van der Waals surface area contributed by atoms with Gasteiger partial charge in [0, 0.05) is 28.2 Å². The van der Waals surface area contributed by atoms with Crippen molar-refractivity contribution in [2.75, 3.05) is 6.54 Å². The van der Waals surface area contributed by atoms with E-state index in [0.717, 1.165) is 14.7 Å². The monoisotopic (exact) mass is 251 g/mol. The summed E-state index contributed by atoms with van der Waals surface area (Å²) in [7, 11) is 0. The normalized spacial score (nSPS) is 15.8. The minimum atomic E-state index is -0.243. The molecule has 1 aromatic rings. The van der Waals surface area contributed by atoms with Crippen LogP contribution in [0.25, 0.3) is 0 Å². The third kappa shape index (κ3) is 2.29. The van der Waals surface area contributed by atoms with Gasteiger partial charge in [-0.15, -0.1) is 11.3 Å². The number of thiophene rings is 1. The van der Waals surface area contributed by atoms with E-state index in [1.807, 2.05) is 19.9 Å².